The van der Waals surface area contributed by atoms with Gasteiger partial charge in [-0.05, 0) is 17.7 Å². The van der Waals surface area contributed by atoms with Gasteiger partial charge >= 0.3 is 0 Å². The minimum absolute atomic E-state index is 0.117. The van der Waals surface area contributed by atoms with E-state index in [2.05, 4.69) is 19.9 Å². The second-order valence-electron chi connectivity index (χ2n) is 6.92. The zero-order valence-electron chi connectivity index (χ0n) is 15.8. The van der Waals surface area contributed by atoms with Crippen LogP contribution < -0.4 is 0 Å². The number of piperazine rings is 1. The number of rotatable bonds is 6. The molecular weight excluding hydrogens is 398 g/mol. The van der Waals surface area contributed by atoms with Crippen LogP contribution in [0.5, 0.6) is 5.88 Å². The van der Waals surface area contributed by atoms with Gasteiger partial charge < -0.3 is 10.2 Å². The number of fused-ring (bicyclic) bond motifs is 1. The molecule has 7 nitrogen and oxygen atoms in total. The number of hydrogen-bond donors (Lipinski definition) is 2. The molecule has 150 valence electrons. The van der Waals surface area contributed by atoms with Crippen molar-refractivity contribution in [3.05, 3.63) is 45.6 Å². The molecule has 0 radical (unpaired) electrons. The Labute approximate surface area is 172 Å². The Balaban J connectivity index is 1.71. The Morgan fingerprint density at radius 3 is 2.68 bits per heavy atom. The molecule has 0 bridgehead atoms. The predicted octanol–water partition coefficient (Wildman–Crippen LogP) is 2.41. The maximum atomic E-state index is 10.9. The van der Waals surface area contributed by atoms with Gasteiger partial charge in [0.15, 0.2) is 5.82 Å². The van der Waals surface area contributed by atoms with Crippen LogP contribution in [-0.2, 0) is 6.42 Å². The molecule has 1 aliphatic heterocycles. The summed E-state index contributed by atoms with van der Waals surface area (Å²) in [4.78, 5) is 10.7. The minimum atomic E-state index is -0.117. The normalized spacial score (nSPS) is 17.4. The summed E-state index contributed by atoms with van der Waals surface area (Å²) in [6, 6.07) is 7.68. The lowest BCUT2D eigenvalue weighted by Crippen LogP contribution is -2.48. The van der Waals surface area contributed by atoms with Crippen LogP contribution in [0.3, 0.4) is 0 Å². The Hall–Kier alpha value is -1.71. The number of hydrogen-bond acceptors (Lipinski definition) is 7. The van der Waals surface area contributed by atoms with Gasteiger partial charge in [-0.2, -0.15) is 4.52 Å². The van der Waals surface area contributed by atoms with Crippen LogP contribution in [0.2, 0.25) is 5.02 Å². The lowest BCUT2D eigenvalue weighted by atomic mass is 10.0. The van der Waals surface area contributed by atoms with E-state index in [1.165, 1.54) is 11.3 Å². The molecule has 9 heteroatoms. The molecule has 0 unspecified atom stereocenters. The zero-order valence-corrected chi connectivity index (χ0v) is 17.3. The van der Waals surface area contributed by atoms with Gasteiger partial charge in [0.25, 0.3) is 0 Å². The van der Waals surface area contributed by atoms with Crippen molar-refractivity contribution in [1.29, 1.82) is 0 Å². The van der Waals surface area contributed by atoms with E-state index in [-0.39, 0.29) is 18.5 Å². The van der Waals surface area contributed by atoms with Crippen LogP contribution in [-0.4, -0.2) is 73.9 Å². The molecule has 1 aliphatic rings. The van der Waals surface area contributed by atoms with Crippen molar-refractivity contribution in [3.8, 4) is 5.88 Å². The summed E-state index contributed by atoms with van der Waals surface area (Å²) in [5, 5.41) is 25.2. The first-order valence-corrected chi connectivity index (χ1v) is 10.7. The Morgan fingerprint density at radius 2 is 2.04 bits per heavy atom. The van der Waals surface area contributed by atoms with Gasteiger partial charge in [0.1, 0.15) is 0 Å². The van der Waals surface area contributed by atoms with Gasteiger partial charge in [-0.25, -0.2) is 4.98 Å². The molecule has 0 saturated carbocycles. The standard InChI is InChI=1S/C19H24ClN5O2S/c1-2-15-21-19-25(22-15)18(27)17(28-19)16(13-4-3-5-14(20)12-13)24-8-6-23(7-9-24)10-11-26/h3-5,12,16,26-27H,2,6-11H2,1H3/t16-/m1/s1. The van der Waals surface area contributed by atoms with E-state index in [0.29, 0.717) is 16.5 Å². The molecule has 1 aromatic carbocycles. The second-order valence-corrected chi connectivity index (χ2v) is 8.37. The summed E-state index contributed by atoms with van der Waals surface area (Å²) in [6.07, 6.45) is 0.730. The summed E-state index contributed by atoms with van der Waals surface area (Å²) < 4.78 is 1.54. The fourth-order valence-electron chi connectivity index (χ4n) is 3.71. The van der Waals surface area contributed by atoms with Crippen LogP contribution in [0.4, 0.5) is 0 Å². The van der Waals surface area contributed by atoms with Gasteiger partial charge in [0.2, 0.25) is 10.8 Å². The summed E-state index contributed by atoms with van der Waals surface area (Å²) in [5.41, 5.74) is 1.04. The first kappa shape index (κ1) is 19.6. The fourth-order valence-corrected chi connectivity index (χ4v) is 5.04. The highest BCUT2D eigenvalue weighted by Gasteiger charge is 2.31. The summed E-state index contributed by atoms with van der Waals surface area (Å²) in [6.45, 7) is 6.29. The number of halogens is 1. The van der Waals surface area contributed by atoms with Crippen LogP contribution in [0.25, 0.3) is 4.96 Å². The number of aliphatic hydroxyl groups excluding tert-OH is 1. The van der Waals surface area contributed by atoms with Crippen LogP contribution >= 0.6 is 22.9 Å². The number of β-amino-alcohol motifs (C(OH)–C–C–N with tert-alkyl or cyclic N) is 1. The Bertz CT molecular complexity index is 951. The molecule has 2 aromatic heterocycles. The van der Waals surface area contributed by atoms with Gasteiger partial charge in [-0.15, -0.1) is 5.10 Å². The molecule has 4 rings (SSSR count). The molecule has 2 N–H and O–H groups in total. The van der Waals surface area contributed by atoms with E-state index in [9.17, 15) is 10.2 Å². The predicted molar refractivity (Wildman–Crippen MR) is 110 cm³/mol. The largest absolute Gasteiger partial charge is 0.492 e. The molecule has 0 amide bonds. The Morgan fingerprint density at radius 1 is 1.25 bits per heavy atom. The number of thiazole rings is 1. The molecule has 3 aromatic rings. The number of nitrogens with zero attached hydrogens (tertiary/aromatic N) is 5. The van der Waals surface area contributed by atoms with Gasteiger partial charge in [0.05, 0.1) is 17.5 Å². The summed E-state index contributed by atoms with van der Waals surface area (Å²) >= 11 is 7.75. The van der Waals surface area contributed by atoms with Crippen molar-refractivity contribution in [2.75, 3.05) is 39.3 Å². The molecule has 28 heavy (non-hydrogen) atoms. The zero-order chi connectivity index (χ0) is 19.7. The van der Waals surface area contributed by atoms with Gasteiger partial charge in [-0.3, -0.25) is 9.80 Å². The monoisotopic (exact) mass is 421 g/mol. The van der Waals surface area contributed by atoms with E-state index < -0.39 is 0 Å². The van der Waals surface area contributed by atoms with E-state index in [4.69, 9.17) is 11.6 Å². The van der Waals surface area contributed by atoms with Crippen molar-refractivity contribution in [2.45, 2.75) is 19.4 Å². The molecule has 0 aliphatic carbocycles. The third-order valence-corrected chi connectivity index (χ3v) is 6.47. The van der Waals surface area contributed by atoms with Crippen molar-refractivity contribution < 1.29 is 10.2 Å². The number of benzene rings is 1. The lowest BCUT2D eigenvalue weighted by Gasteiger charge is -2.39. The number of aliphatic hydroxyl groups is 1. The topological polar surface area (TPSA) is 77.1 Å². The highest BCUT2D eigenvalue weighted by Crippen LogP contribution is 2.40. The highest BCUT2D eigenvalue weighted by molar-refractivity contribution is 7.17. The van der Waals surface area contributed by atoms with E-state index >= 15 is 0 Å². The van der Waals surface area contributed by atoms with Crippen LogP contribution in [0.15, 0.2) is 24.3 Å². The number of aromatic nitrogens is 3. The third-order valence-electron chi connectivity index (χ3n) is 5.16. The SMILES string of the molecule is CCc1nc2sc([C@@H](c3cccc(Cl)c3)N3CCN(CCO)CC3)c(O)n2n1. The summed E-state index contributed by atoms with van der Waals surface area (Å²) in [7, 11) is 0. The molecule has 3 heterocycles. The molecule has 1 saturated heterocycles. The smallest absolute Gasteiger partial charge is 0.230 e. The number of aryl methyl sites for hydroxylation is 1. The highest BCUT2D eigenvalue weighted by atomic mass is 35.5. The lowest BCUT2D eigenvalue weighted by molar-refractivity contribution is 0.0945. The average molecular weight is 422 g/mol. The van der Waals surface area contributed by atoms with E-state index in [0.717, 1.165) is 48.9 Å². The number of aromatic hydroxyl groups is 1. The van der Waals surface area contributed by atoms with Gasteiger partial charge in [0, 0.05) is 44.2 Å². The fraction of sp³-hybridized carbons (Fsp3) is 0.474. The minimum Gasteiger partial charge on any atom is -0.492 e. The quantitative estimate of drug-likeness (QED) is 0.636. The first-order valence-electron chi connectivity index (χ1n) is 9.50. The first-order chi connectivity index (χ1) is 13.6. The van der Waals surface area contributed by atoms with Crippen molar-refractivity contribution >= 4 is 27.9 Å². The average Bonchev–Trinajstić information content (AvgIpc) is 3.23. The Kier molecular flexibility index (Phi) is 5.84. The van der Waals surface area contributed by atoms with Crippen molar-refractivity contribution in [3.63, 3.8) is 0 Å². The molecule has 1 fully saturated rings. The molecular formula is C19H24ClN5O2S. The third kappa shape index (κ3) is 3.75. The van der Waals surface area contributed by atoms with Crippen molar-refractivity contribution in [2.24, 2.45) is 0 Å². The summed E-state index contributed by atoms with van der Waals surface area (Å²) in [5.74, 6) is 0.875. The van der Waals surface area contributed by atoms with Crippen LogP contribution in [0, 0.1) is 0 Å². The van der Waals surface area contributed by atoms with Crippen LogP contribution in [0.1, 0.15) is 29.2 Å². The maximum absolute atomic E-state index is 10.9. The molecule has 1 atom stereocenters. The molecule has 0 spiro atoms. The van der Waals surface area contributed by atoms with Crippen molar-refractivity contribution in [1.82, 2.24) is 24.4 Å². The maximum Gasteiger partial charge on any atom is 0.230 e. The van der Waals surface area contributed by atoms with E-state index in [1.807, 2.05) is 31.2 Å². The van der Waals surface area contributed by atoms with Gasteiger partial charge in [-0.1, -0.05) is 42.0 Å². The van der Waals surface area contributed by atoms with E-state index in [1.54, 1.807) is 4.52 Å². The second kappa shape index (κ2) is 8.34.